The number of carbonyl (C=O) groups is 1. The number of carboxylic acids is 1. The van der Waals surface area contributed by atoms with E-state index in [-0.39, 0.29) is 5.92 Å². The molecule has 2 atom stereocenters. The first-order valence-electron chi connectivity index (χ1n) is 7.17. The molecule has 1 fully saturated rings. The number of benzene rings is 1. The molecule has 1 saturated heterocycles. The molecule has 1 heterocycles. The van der Waals surface area contributed by atoms with Gasteiger partial charge in [-0.25, -0.2) is 0 Å². The van der Waals surface area contributed by atoms with E-state index in [0.29, 0.717) is 13.1 Å². The highest BCUT2D eigenvalue weighted by molar-refractivity contribution is 5.70. The quantitative estimate of drug-likeness (QED) is 0.885. The monoisotopic (exact) mass is 277 g/mol. The third-order valence-corrected chi connectivity index (χ3v) is 4.20. The predicted octanol–water partition coefficient (Wildman–Crippen LogP) is 2.13. The molecule has 4 heteroatoms. The van der Waals surface area contributed by atoms with Gasteiger partial charge in [0.1, 0.15) is 0 Å². The molecule has 2 unspecified atom stereocenters. The Kier molecular flexibility index (Phi) is 4.78. The zero-order valence-electron chi connectivity index (χ0n) is 12.2. The van der Waals surface area contributed by atoms with Crippen molar-refractivity contribution in [2.45, 2.75) is 32.8 Å². The van der Waals surface area contributed by atoms with Gasteiger partial charge in [0.25, 0.3) is 0 Å². The van der Waals surface area contributed by atoms with Crippen molar-refractivity contribution in [3.8, 4) is 0 Å². The van der Waals surface area contributed by atoms with Gasteiger partial charge in [-0.2, -0.15) is 0 Å². The van der Waals surface area contributed by atoms with Gasteiger partial charge in [-0.3, -0.25) is 9.69 Å². The Balaban J connectivity index is 1.98. The van der Waals surface area contributed by atoms with Crippen LogP contribution in [0, 0.1) is 19.8 Å². The summed E-state index contributed by atoms with van der Waals surface area (Å²) >= 11 is 0. The molecule has 0 aliphatic carbocycles. The summed E-state index contributed by atoms with van der Waals surface area (Å²) in [7, 11) is 0. The Bertz CT molecular complexity index is 487. The Morgan fingerprint density at radius 3 is 2.80 bits per heavy atom. The normalized spacial score (nSPS) is 21.6. The summed E-state index contributed by atoms with van der Waals surface area (Å²) < 4.78 is 0. The number of aliphatic hydroxyl groups is 1. The molecular weight excluding hydrogens is 254 g/mol. The van der Waals surface area contributed by atoms with E-state index < -0.39 is 12.1 Å². The first-order chi connectivity index (χ1) is 9.47. The van der Waals surface area contributed by atoms with Gasteiger partial charge in [0, 0.05) is 13.1 Å². The fourth-order valence-corrected chi connectivity index (χ4v) is 2.74. The van der Waals surface area contributed by atoms with E-state index in [2.05, 4.69) is 4.90 Å². The van der Waals surface area contributed by atoms with Crippen molar-refractivity contribution in [2.24, 2.45) is 5.92 Å². The molecule has 1 aliphatic rings. The van der Waals surface area contributed by atoms with E-state index in [0.717, 1.165) is 24.9 Å². The second-order valence-electron chi connectivity index (χ2n) is 5.80. The molecule has 0 saturated carbocycles. The molecule has 2 N–H and O–H groups in total. The fourth-order valence-electron chi connectivity index (χ4n) is 2.74. The van der Waals surface area contributed by atoms with Crippen LogP contribution < -0.4 is 0 Å². The number of rotatable bonds is 4. The topological polar surface area (TPSA) is 60.8 Å². The van der Waals surface area contributed by atoms with Crippen molar-refractivity contribution in [3.05, 3.63) is 34.9 Å². The van der Waals surface area contributed by atoms with Crippen molar-refractivity contribution in [2.75, 3.05) is 19.6 Å². The second-order valence-corrected chi connectivity index (χ2v) is 5.80. The van der Waals surface area contributed by atoms with Crippen LogP contribution in [-0.2, 0) is 4.79 Å². The van der Waals surface area contributed by atoms with E-state index in [4.69, 9.17) is 5.11 Å². The maximum atomic E-state index is 11.0. The van der Waals surface area contributed by atoms with Crippen LogP contribution in [0.3, 0.4) is 0 Å². The highest BCUT2D eigenvalue weighted by Gasteiger charge is 2.26. The summed E-state index contributed by atoms with van der Waals surface area (Å²) in [5.41, 5.74) is 3.29. The van der Waals surface area contributed by atoms with Gasteiger partial charge in [0.05, 0.1) is 12.0 Å². The first kappa shape index (κ1) is 15.0. The lowest BCUT2D eigenvalue weighted by atomic mass is 9.97. The van der Waals surface area contributed by atoms with Gasteiger partial charge in [-0.15, -0.1) is 0 Å². The minimum Gasteiger partial charge on any atom is -0.481 e. The number of hydrogen-bond acceptors (Lipinski definition) is 3. The third-order valence-electron chi connectivity index (χ3n) is 4.20. The molecular formula is C16H23NO3. The van der Waals surface area contributed by atoms with Crippen LogP contribution in [0.2, 0.25) is 0 Å². The number of nitrogens with zero attached hydrogens (tertiary/aromatic N) is 1. The maximum Gasteiger partial charge on any atom is 0.307 e. The lowest BCUT2D eigenvalue weighted by Crippen LogP contribution is -2.40. The summed E-state index contributed by atoms with van der Waals surface area (Å²) in [5, 5.41) is 19.4. The lowest BCUT2D eigenvalue weighted by Gasteiger charge is -2.32. The molecule has 110 valence electrons. The van der Waals surface area contributed by atoms with Crippen LogP contribution in [-0.4, -0.2) is 40.7 Å². The largest absolute Gasteiger partial charge is 0.481 e. The first-order valence-corrected chi connectivity index (χ1v) is 7.17. The lowest BCUT2D eigenvalue weighted by molar-refractivity contribution is -0.143. The number of likely N-dealkylation sites (tertiary alicyclic amines) is 1. The van der Waals surface area contributed by atoms with E-state index in [9.17, 15) is 9.90 Å². The summed E-state index contributed by atoms with van der Waals surface area (Å²) in [6.45, 7) is 6.00. The summed E-state index contributed by atoms with van der Waals surface area (Å²) in [5.74, 6) is -1.02. The SMILES string of the molecule is Cc1ccc(C(O)CN2CCCC(C(=O)O)C2)cc1C. The molecule has 0 spiro atoms. The van der Waals surface area contributed by atoms with E-state index in [1.165, 1.54) is 11.1 Å². The van der Waals surface area contributed by atoms with Crippen molar-refractivity contribution >= 4 is 5.97 Å². The number of aliphatic hydroxyl groups excluding tert-OH is 1. The van der Waals surface area contributed by atoms with Gasteiger partial charge in [-0.1, -0.05) is 18.2 Å². The van der Waals surface area contributed by atoms with Crippen molar-refractivity contribution in [3.63, 3.8) is 0 Å². The van der Waals surface area contributed by atoms with Crippen LogP contribution in [0.25, 0.3) is 0 Å². The molecule has 20 heavy (non-hydrogen) atoms. The van der Waals surface area contributed by atoms with Crippen LogP contribution in [0.1, 0.15) is 35.6 Å². The van der Waals surface area contributed by atoms with Crippen LogP contribution >= 0.6 is 0 Å². The summed E-state index contributed by atoms with van der Waals surface area (Å²) in [6.07, 6.45) is 1.07. The Labute approximate surface area is 120 Å². The predicted molar refractivity (Wildman–Crippen MR) is 77.7 cm³/mol. The highest BCUT2D eigenvalue weighted by atomic mass is 16.4. The molecule has 4 nitrogen and oxygen atoms in total. The zero-order valence-corrected chi connectivity index (χ0v) is 12.2. The van der Waals surface area contributed by atoms with Crippen molar-refractivity contribution in [1.82, 2.24) is 4.90 Å². The number of piperidine rings is 1. The molecule has 1 aromatic rings. The maximum absolute atomic E-state index is 11.0. The molecule has 0 amide bonds. The Morgan fingerprint density at radius 1 is 1.40 bits per heavy atom. The molecule has 2 rings (SSSR count). The van der Waals surface area contributed by atoms with Crippen LogP contribution in [0.4, 0.5) is 0 Å². The minimum atomic E-state index is -0.727. The van der Waals surface area contributed by atoms with Gasteiger partial charge >= 0.3 is 5.97 Å². The van der Waals surface area contributed by atoms with E-state index in [1.807, 2.05) is 32.0 Å². The summed E-state index contributed by atoms with van der Waals surface area (Å²) in [6, 6.07) is 5.98. The Hall–Kier alpha value is -1.39. The molecule has 0 radical (unpaired) electrons. The van der Waals surface area contributed by atoms with Gasteiger partial charge < -0.3 is 10.2 Å². The highest BCUT2D eigenvalue weighted by Crippen LogP contribution is 2.22. The number of aryl methyl sites for hydroxylation is 2. The smallest absolute Gasteiger partial charge is 0.307 e. The van der Waals surface area contributed by atoms with Crippen LogP contribution in [0.15, 0.2) is 18.2 Å². The van der Waals surface area contributed by atoms with Crippen molar-refractivity contribution in [1.29, 1.82) is 0 Å². The number of aliphatic carboxylic acids is 1. The van der Waals surface area contributed by atoms with Gasteiger partial charge in [-0.05, 0) is 49.9 Å². The minimum absolute atomic E-state index is 0.296. The number of β-amino-alcohol motifs (C(OH)–C–C–N with tert-alkyl or cyclic N) is 1. The average Bonchev–Trinajstić information content (AvgIpc) is 2.42. The molecule has 0 aromatic heterocycles. The fraction of sp³-hybridized carbons (Fsp3) is 0.562. The third kappa shape index (κ3) is 3.58. The average molecular weight is 277 g/mol. The second kappa shape index (κ2) is 6.37. The van der Waals surface area contributed by atoms with Crippen molar-refractivity contribution < 1.29 is 15.0 Å². The molecule has 1 aliphatic heterocycles. The van der Waals surface area contributed by atoms with Gasteiger partial charge in [0.15, 0.2) is 0 Å². The standard InChI is InChI=1S/C16H23NO3/c1-11-5-6-13(8-12(11)2)15(18)10-17-7-3-4-14(9-17)16(19)20/h5-6,8,14-15,18H,3-4,7,9-10H2,1-2H3,(H,19,20). The van der Waals surface area contributed by atoms with Gasteiger partial charge in [0.2, 0.25) is 0 Å². The van der Waals surface area contributed by atoms with Crippen LogP contribution in [0.5, 0.6) is 0 Å². The molecule has 1 aromatic carbocycles. The number of hydrogen-bond donors (Lipinski definition) is 2. The van der Waals surface area contributed by atoms with E-state index >= 15 is 0 Å². The Morgan fingerprint density at radius 2 is 2.15 bits per heavy atom. The summed E-state index contributed by atoms with van der Waals surface area (Å²) in [4.78, 5) is 13.1. The molecule has 0 bridgehead atoms. The zero-order chi connectivity index (χ0) is 14.7. The number of carboxylic acid groups (broad SMARTS) is 1. The van der Waals surface area contributed by atoms with E-state index in [1.54, 1.807) is 0 Å².